The van der Waals surface area contributed by atoms with E-state index in [0.29, 0.717) is 29.5 Å². The van der Waals surface area contributed by atoms with E-state index in [4.69, 9.17) is 21.1 Å². The third-order valence-electron chi connectivity index (χ3n) is 4.12. The molecule has 8 heteroatoms. The predicted molar refractivity (Wildman–Crippen MR) is 99.8 cm³/mol. The number of quaternary nitrogens is 1. The fourth-order valence-electron chi connectivity index (χ4n) is 3.06. The number of halogens is 1. The first-order chi connectivity index (χ1) is 12.3. The smallest absolute Gasteiger partial charge is 0.279 e. The van der Waals surface area contributed by atoms with Gasteiger partial charge in [0.2, 0.25) is 0 Å². The number of carbonyl (C=O) groups excluding carboxylic acids is 2. The molecule has 1 aromatic carbocycles. The number of likely N-dealkylation sites (N-methyl/N-ethyl adjacent to an activating group) is 1. The van der Waals surface area contributed by atoms with Crippen LogP contribution in [-0.2, 0) is 14.3 Å². The summed E-state index contributed by atoms with van der Waals surface area (Å²) in [5.41, 5.74) is 0.514. The van der Waals surface area contributed by atoms with Gasteiger partial charge < -0.3 is 24.6 Å². The topological polar surface area (TPSA) is 72.3 Å². The molecule has 1 aromatic rings. The number of hydrogen-bond donors (Lipinski definition) is 2. The highest BCUT2D eigenvalue weighted by Gasteiger charge is 2.27. The zero-order valence-electron chi connectivity index (χ0n) is 15.7. The molecule has 0 bridgehead atoms. The van der Waals surface area contributed by atoms with E-state index in [1.165, 1.54) is 7.11 Å². The molecule has 2 amide bonds. The molecule has 3 atom stereocenters. The van der Waals surface area contributed by atoms with Gasteiger partial charge >= 0.3 is 0 Å². The van der Waals surface area contributed by atoms with Crippen LogP contribution >= 0.6 is 11.6 Å². The van der Waals surface area contributed by atoms with E-state index >= 15 is 0 Å². The Kier molecular flexibility index (Phi) is 7.25. The molecule has 0 aromatic heterocycles. The first-order valence-corrected chi connectivity index (χ1v) is 9.04. The Morgan fingerprint density at radius 3 is 2.58 bits per heavy atom. The molecule has 1 fully saturated rings. The number of morpholine rings is 1. The van der Waals surface area contributed by atoms with Crippen LogP contribution < -0.4 is 15.0 Å². The Morgan fingerprint density at radius 2 is 1.96 bits per heavy atom. The standard InChI is InChI=1S/C18H26ClN3O4/c1-12-8-22(9-13(2)26-12)18(24)11-21(3)10-17(23)20-15-7-14(19)5-6-16(15)25-4/h5-7,12-13H,8-11H2,1-4H3,(H,20,23)/p+1/t12-,13-/m0/s1. The SMILES string of the molecule is COc1ccc(Cl)cc1NC(=O)C[NH+](C)CC(=O)N1C[C@H](C)O[C@@H](C)C1. The van der Waals surface area contributed by atoms with Gasteiger partial charge in [-0.05, 0) is 32.0 Å². The number of amides is 2. The normalized spacial score (nSPS) is 21.2. The van der Waals surface area contributed by atoms with Crippen LogP contribution in [0.15, 0.2) is 18.2 Å². The molecule has 1 heterocycles. The summed E-state index contributed by atoms with van der Waals surface area (Å²) in [6.45, 7) is 5.50. The monoisotopic (exact) mass is 384 g/mol. The lowest BCUT2D eigenvalue weighted by Crippen LogP contribution is -3.11. The van der Waals surface area contributed by atoms with Crippen molar-refractivity contribution in [2.24, 2.45) is 0 Å². The number of anilines is 1. The summed E-state index contributed by atoms with van der Waals surface area (Å²) in [6, 6.07) is 5.02. The van der Waals surface area contributed by atoms with Gasteiger partial charge in [-0.2, -0.15) is 0 Å². The molecule has 1 aliphatic heterocycles. The quantitative estimate of drug-likeness (QED) is 0.746. The highest BCUT2D eigenvalue weighted by atomic mass is 35.5. The zero-order chi connectivity index (χ0) is 19.3. The van der Waals surface area contributed by atoms with Crippen molar-refractivity contribution in [1.82, 2.24) is 4.90 Å². The van der Waals surface area contributed by atoms with E-state index in [2.05, 4.69) is 5.32 Å². The first-order valence-electron chi connectivity index (χ1n) is 8.66. The summed E-state index contributed by atoms with van der Waals surface area (Å²) in [5.74, 6) is 0.352. The van der Waals surface area contributed by atoms with Crippen molar-refractivity contribution in [2.45, 2.75) is 26.1 Å². The van der Waals surface area contributed by atoms with Crippen molar-refractivity contribution in [1.29, 1.82) is 0 Å². The van der Waals surface area contributed by atoms with Crippen molar-refractivity contribution in [2.75, 3.05) is 45.7 Å². The van der Waals surface area contributed by atoms with E-state index in [1.807, 2.05) is 20.9 Å². The number of methoxy groups -OCH3 is 1. The van der Waals surface area contributed by atoms with E-state index in [9.17, 15) is 9.59 Å². The summed E-state index contributed by atoms with van der Waals surface area (Å²) in [5, 5.41) is 3.29. The predicted octanol–water partition coefficient (Wildman–Crippen LogP) is 0.438. The largest absolute Gasteiger partial charge is 0.495 e. The Labute approximate surface area is 159 Å². The molecule has 1 saturated heterocycles. The Bertz CT molecular complexity index is 645. The number of nitrogens with zero attached hydrogens (tertiary/aromatic N) is 1. The molecule has 2 rings (SSSR count). The molecule has 0 spiro atoms. The van der Waals surface area contributed by atoms with Gasteiger partial charge in [0.05, 0.1) is 32.1 Å². The maximum Gasteiger partial charge on any atom is 0.279 e. The second-order valence-corrected chi connectivity index (χ2v) is 7.20. The van der Waals surface area contributed by atoms with Crippen LogP contribution in [0, 0.1) is 0 Å². The molecular formula is C18H27ClN3O4+. The summed E-state index contributed by atoms with van der Waals surface area (Å²) in [7, 11) is 3.35. The molecular weight excluding hydrogens is 358 g/mol. The zero-order valence-corrected chi connectivity index (χ0v) is 16.4. The molecule has 2 N–H and O–H groups in total. The minimum absolute atomic E-state index is 0.0256. The van der Waals surface area contributed by atoms with Gasteiger partial charge in [-0.25, -0.2) is 0 Å². The van der Waals surface area contributed by atoms with Gasteiger partial charge in [-0.1, -0.05) is 11.6 Å². The number of carbonyl (C=O) groups is 2. The van der Waals surface area contributed by atoms with E-state index < -0.39 is 0 Å². The molecule has 1 aliphatic rings. The number of benzene rings is 1. The number of rotatable bonds is 6. The molecule has 144 valence electrons. The highest BCUT2D eigenvalue weighted by Crippen LogP contribution is 2.27. The lowest BCUT2D eigenvalue weighted by molar-refractivity contribution is -0.862. The number of nitrogens with one attached hydrogen (secondary N) is 2. The Balaban J connectivity index is 1.87. The van der Waals surface area contributed by atoms with E-state index in [-0.39, 0.29) is 37.1 Å². The van der Waals surface area contributed by atoms with Gasteiger partial charge in [-0.3, -0.25) is 9.59 Å². The second kappa shape index (κ2) is 9.21. The molecule has 0 aliphatic carbocycles. The summed E-state index contributed by atoms with van der Waals surface area (Å²) in [4.78, 5) is 27.4. The molecule has 0 radical (unpaired) electrons. The molecule has 26 heavy (non-hydrogen) atoms. The Hall–Kier alpha value is -1.83. The number of ether oxygens (including phenoxy) is 2. The van der Waals surface area contributed by atoms with Gasteiger partial charge in [0.15, 0.2) is 13.1 Å². The van der Waals surface area contributed by atoms with Gasteiger partial charge in [-0.15, -0.1) is 0 Å². The van der Waals surface area contributed by atoms with Crippen LogP contribution in [0.4, 0.5) is 5.69 Å². The van der Waals surface area contributed by atoms with E-state index in [1.54, 1.807) is 23.1 Å². The van der Waals surface area contributed by atoms with Crippen LogP contribution in [0.25, 0.3) is 0 Å². The van der Waals surface area contributed by atoms with Crippen molar-refractivity contribution in [3.05, 3.63) is 23.2 Å². The molecule has 0 saturated carbocycles. The van der Waals surface area contributed by atoms with Crippen molar-refractivity contribution >= 4 is 29.1 Å². The van der Waals surface area contributed by atoms with Gasteiger partial charge in [0.1, 0.15) is 5.75 Å². The van der Waals surface area contributed by atoms with Gasteiger partial charge in [0.25, 0.3) is 11.8 Å². The van der Waals surface area contributed by atoms with Crippen LogP contribution in [-0.4, -0.2) is 69.3 Å². The average Bonchev–Trinajstić information content (AvgIpc) is 2.53. The molecule has 1 unspecified atom stereocenters. The maximum atomic E-state index is 12.5. The van der Waals surface area contributed by atoms with Crippen molar-refractivity contribution < 1.29 is 24.0 Å². The fraction of sp³-hybridized carbons (Fsp3) is 0.556. The van der Waals surface area contributed by atoms with Crippen LogP contribution in [0.3, 0.4) is 0 Å². The molecule has 7 nitrogen and oxygen atoms in total. The first kappa shape index (κ1) is 20.5. The average molecular weight is 385 g/mol. The van der Waals surface area contributed by atoms with E-state index in [0.717, 1.165) is 4.90 Å². The Morgan fingerprint density at radius 1 is 1.31 bits per heavy atom. The third kappa shape index (κ3) is 5.86. The van der Waals surface area contributed by atoms with Crippen LogP contribution in [0.2, 0.25) is 5.02 Å². The van der Waals surface area contributed by atoms with Crippen LogP contribution in [0.1, 0.15) is 13.8 Å². The lowest BCUT2D eigenvalue weighted by atomic mass is 10.2. The third-order valence-corrected chi connectivity index (χ3v) is 4.36. The highest BCUT2D eigenvalue weighted by molar-refractivity contribution is 6.31. The summed E-state index contributed by atoms with van der Waals surface area (Å²) >= 11 is 5.97. The van der Waals surface area contributed by atoms with Crippen molar-refractivity contribution in [3.63, 3.8) is 0 Å². The maximum absolute atomic E-state index is 12.5. The number of hydrogen-bond acceptors (Lipinski definition) is 4. The summed E-state index contributed by atoms with van der Waals surface area (Å²) < 4.78 is 10.9. The summed E-state index contributed by atoms with van der Waals surface area (Å²) in [6.07, 6.45) is 0.0585. The fourth-order valence-corrected chi connectivity index (χ4v) is 3.23. The van der Waals surface area contributed by atoms with Gasteiger partial charge in [0, 0.05) is 18.1 Å². The minimum atomic E-state index is -0.209. The minimum Gasteiger partial charge on any atom is -0.495 e. The van der Waals surface area contributed by atoms with Crippen molar-refractivity contribution in [3.8, 4) is 5.75 Å². The second-order valence-electron chi connectivity index (χ2n) is 6.76. The lowest BCUT2D eigenvalue weighted by Gasteiger charge is -2.35. The van der Waals surface area contributed by atoms with Crippen LogP contribution in [0.5, 0.6) is 5.75 Å².